The first-order chi connectivity index (χ1) is 13.2. The van der Waals surface area contributed by atoms with E-state index in [4.69, 9.17) is 14.2 Å². The molecule has 1 heterocycles. The van der Waals surface area contributed by atoms with Gasteiger partial charge in [0.1, 0.15) is 11.5 Å². The van der Waals surface area contributed by atoms with Crippen LogP contribution in [0.25, 0.3) is 0 Å². The van der Waals surface area contributed by atoms with Crippen LogP contribution in [0.15, 0.2) is 48.6 Å². The van der Waals surface area contributed by atoms with Gasteiger partial charge in [0.2, 0.25) is 0 Å². The van der Waals surface area contributed by atoms with E-state index in [1.807, 2.05) is 32.0 Å². The third-order valence-electron chi connectivity index (χ3n) is 4.38. The Labute approximate surface area is 162 Å². The molecule has 0 aliphatic carbocycles. The number of cyclic esters (lactones) is 1. The van der Waals surface area contributed by atoms with Crippen LogP contribution in [0.1, 0.15) is 36.1 Å². The number of carbonyl (C=O) groups is 3. The van der Waals surface area contributed by atoms with E-state index in [2.05, 4.69) is 0 Å². The third kappa shape index (κ3) is 3.67. The Hall–Kier alpha value is -3.41. The fourth-order valence-corrected chi connectivity index (χ4v) is 3.26. The summed E-state index contributed by atoms with van der Waals surface area (Å²) in [6.45, 7) is 6.39. The molecule has 0 amide bonds. The Morgan fingerprint density at radius 2 is 1.64 bits per heavy atom. The number of hydrogen-bond acceptors (Lipinski definition) is 6. The summed E-state index contributed by atoms with van der Waals surface area (Å²) in [5, 5.41) is 0. The summed E-state index contributed by atoms with van der Waals surface area (Å²) in [5.74, 6) is -1.19. The zero-order chi connectivity index (χ0) is 20.5. The number of rotatable bonds is 4. The quantitative estimate of drug-likeness (QED) is 0.597. The molecule has 0 saturated carbocycles. The van der Waals surface area contributed by atoms with Gasteiger partial charge in [-0.15, -0.1) is 0 Å². The second-order valence-electron chi connectivity index (χ2n) is 6.65. The standard InChI is InChI=1S/C22H20O6/c1-13-5-6-14(2)19(11-13)22(10-9-21(25)28-22)18-8-7-17(26-15(3)23)12-20(18)27-16(4)24/h5-12H,1-4H3. The van der Waals surface area contributed by atoms with Gasteiger partial charge < -0.3 is 14.2 Å². The molecule has 1 atom stereocenters. The Morgan fingerprint density at radius 1 is 0.929 bits per heavy atom. The van der Waals surface area contributed by atoms with Gasteiger partial charge in [0, 0.05) is 37.1 Å². The van der Waals surface area contributed by atoms with Crippen molar-refractivity contribution in [3.05, 3.63) is 70.8 Å². The van der Waals surface area contributed by atoms with Gasteiger partial charge in [-0.2, -0.15) is 0 Å². The maximum atomic E-state index is 12.1. The van der Waals surface area contributed by atoms with Crippen LogP contribution in [-0.4, -0.2) is 17.9 Å². The number of hydrogen-bond donors (Lipinski definition) is 0. The molecule has 1 aliphatic heterocycles. The molecular formula is C22H20O6. The molecule has 0 aromatic heterocycles. The van der Waals surface area contributed by atoms with Crippen LogP contribution in [0.4, 0.5) is 0 Å². The lowest BCUT2D eigenvalue weighted by Gasteiger charge is -2.31. The molecule has 0 fully saturated rings. The van der Waals surface area contributed by atoms with E-state index in [1.165, 1.54) is 26.0 Å². The van der Waals surface area contributed by atoms with Crippen LogP contribution in [0.3, 0.4) is 0 Å². The summed E-state index contributed by atoms with van der Waals surface area (Å²) in [7, 11) is 0. The van der Waals surface area contributed by atoms with E-state index in [9.17, 15) is 14.4 Å². The monoisotopic (exact) mass is 380 g/mol. The topological polar surface area (TPSA) is 78.9 Å². The average Bonchev–Trinajstić information content (AvgIpc) is 2.99. The average molecular weight is 380 g/mol. The van der Waals surface area contributed by atoms with Gasteiger partial charge in [-0.3, -0.25) is 9.59 Å². The van der Waals surface area contributed by atoms with Gasteiger partial charge in [0.25, 0.3) is 0 Å². The lowest BCUT2D eigenvalue weighted by atomic mass is 9.82. The van der Waals surface area contributed by atoms with Gasteiger partial charge in [-0.05, 0) is 37.6 Å². The van der Waals surface area contributed by atoms with Gasteiger partial charge >= 0.3 is 17.9 Å². The van der Waals surface area contributed by atoms with Crippen molar-refractivity contribution in [3.8, 4) is 11.5 Å². The highest BCUT2D eigenvalue weighted by Crippen LogP contribution is 2.45. The zero-order valence-corrected chi connectivity index (χ0v) is 16.1. The molecule has 0 spiro atoms. The van der Waals surface area contributed by atoms with Crippen molar-refractivity contribution in [2.45, 2.75) is 33.3 Å². The molecule has 1 aliphatic rings. The molecule has 0 saturated heterocycles. The van der Waals surface area contributed by atoms with E-state index in [-0.39, 0.29) is 11.5 Å². The molecule has 3 rings (SSSR count). The Bertz CT molecular complexity index is 1000. The van der Waals surface area contributed by atoms with Crippen LogP contribution in [0.5, 0.6) is 11.5 Å². The summed E-state index contributed by atoms with van der Waals surface area (Å²) in [6, 6.07) is 10.5. The van der Waals surface area contributed by atoms with E-state index in [1.54, 1.807) is 18.2 Å². The maximum absolute atomic E-state index is 12.1. The van der Waals surface area contributed by atoms with Crippen LogP contribution < -0.4 is 9.47 Å². The predicted molar refractivity (Wildman–Crippen MR) is 101 cm³/mol. The third-order valence-corrected chi connectivity index (χ3v) is 4.38. The first kappa shape index (κ1) is 19.4. The Balaban J connectivity index is 2.25. The summed E-state index contributed by atoms with van der Waals surface area (Å²) < 4.78 is 16.2. The lowest BCUT2D eigenvalue weighted by Crippen LogP contribution is -2.29. The van der Waals surface area contributed by atoms with E-state index >= 15 is 0 Å². The Morgan fingerprint density at radius 3 is 2.25 bits per heavy atom. The van der Waals surface area contributed by atoms with Crippen molar-refractivity contribution in [2.75, 3.05) is 0 Å². The fourth-order valence-electron chi connectivity index (χ4n) is 3.26. The smallest absolute Gasteiger partial charge is 0.332 e. The molecule has 144 valence electrons. The molecule has 0 N–H and O–H groups in total. The number of carbonyl (C=O) groups excluding carboxylic acids is 3. The summed E-state index contributed by atoms with van der Waals surface area (Å²) in [6.07, 6.45) is 2.99. The summed E-state index contributed by atoms with van der Waals surface area (Å²) >= 11 is 0. The number of benzene rings is 2. The van der Waals surface area contributed by atoms with Gasteiger partial charge in [0.15, 0.2) is 5.60 Å². The molecule has 0 radical (unpaired) electrons. The number of ether oxygens (including phenoxy) is 3. The number of aryl methyl sites for hydroxylation is 2. The second-order valence-corrected chi connectivity index (χ2v) is 6.65. The molecule has 2 aromatic rings. The molecule has 6 heteroatoms. The van der Waals surface area contributed by atoms with Crippen LogP contribution in [0.2, 0.25) is 0 Å². The zero-order valence-electron chi connectivity index (χ0n) is 16.1. The first-order valence-corrected chi connectivity index (χ1v) is 8.72. The van der Waals surface area contributed by atoms with E-state index in [0.717, 1.165) is 16.7 Å². The minimum absolute atomic E-state index is 0.145. The van der Waals surface area contributed by atoms with Crippen molar-refractivity contribution in [1.82, 2.24) is 0 Å². The Kier molecular flexibility index (Phi) is 5.05. The molecule has 0 bridgehead atoms. The number of esters is 3. The molecule has 2 aromatic carbocycles. The van der Waals surface area contributed by atoms with Gasteiger partial charge in [-0.1, -0.05) is 23.8 Å². The molecule has 1 unspecified atom stereocenters. The van der Waals surface area contributed by atoms with Gasteiger partial charge in [-0.25, -0.2) is 4.79 Å². The summed E-state index contributed by atoms with van der Waals surface area (Å²) in [4.78, 5) is 35.0. The van der Waals surface area contributed by atoms with Crippen LogP contribution in [-0.2, 0) is 24.7 Å². The maximum Gasteiger partial charge on any atom is 0.332 e. The molecular weight excluding hydrogens is 360 g/mol. The van der Waals surface area contributed by atoms with Crippen LogP contribution >= 0.6 is 0 Å². The fraction of sp³-hybridized carbons (Fsp3) is 0.227. The highest BCUT2D eigenvalue weighted by Gasteiger charge is 2.43. The first-order valence-electron chi connectivity index (χ1n) is 8.72. The highest BCUT2D eigenvalue weighted by atomic mass is 16.6. The normalized spacial score (nSPS) is 17.9. The predicted octanol–water partition coefficient (Wildman–Crippen LogP) is 3.51. The minimum Gasteiger partial charge on any atom is -0.442 e. The van der Waals surface area contributed by atoms with Gasteiger partial charge in [0.05, 0.1) is 0 Å². The SMILES string of the molecule is CC(=O)Oc1ccc(C2(c3cc(C)ccc3C)C=CC(=O)O2)c(OC(C)=O)c1. The van der Waals surface area contributed by atoms with Crippen molar-refractivity contribution >= 4 is 17.9 Å². The molecule has 28 heavy (non-hydrogen) atoms. The minimum atomic E-state index is -1.26. The lowest BCUT2D eigenvalue weighted by molar-refractivity contribution is -0.143. The van der Waals surface area contributed by atoms with Crippen molar-refractivity contribution in [2.24, 2.45) is 0 Å². The highest BCUT2D eigenvalue weighted by molar-refractivity contribution is 5.87. The van der Waals surface area contributed by atoms with E-state index < -0.39 is 23.5 Å². The molecule has 6 nitrogen and oxygen atoms in total. The van der Waals surface area contributed by atoms with Crippen molar-refractivity contribution in [3.63, 3.8) is 0 Å². The largest absolute Gasteiger partial charge is 0.442 e. The second kappa shape index (κ2) is 7.31. The van der Waals surface area contributed by atoms with Crippen LogP contribution in [0, 0.1) is 13.8 Å². The van der Waals surface area contributed by atoms with E-state index in [0.29, 0.717) is 5.56 Å². The summed E-state index contributed by atoms with van der Waals surface area (Å²) in [5.41, 5.74) is 1.84. The van der Waals surface area contributed by atoms with Crippen molar-refractivity contribution < 1.29 is 28.6 Å². The van der Waals surface area contributed by atoms with Crippen molar-refractivity contribution in [1.29, 1.82) is 0 Å².